The van der Waals surface area contributed by atoms with Gasteiger partial charge in [0, 0.05) is 12.5 Å². The van der Waals surface area contributed by atoms with Crippen LogP contribution in [0.5, 0.6) is 5.75 Å². The van der Waals surface area contributed by atoms with E-state index in [0.29, 0.717) is 18.8 Å². The van der Waals surface area contributed by atoms with Gasteiger partial charge in [-0.2, -0.15) is 5.10 Å². The van der Waals surface area contributed by atoms with E-state index in [1.165, 1.54) is 0 Å². The van der Waals surface area contributed by atoms with E-state index in [2.05, 4.69) is 5.10 Å². The number of nitrogens with zero attached hydrogens (tertiary/aromatic N) is 2. The third-order valence-electron chi connectivity index (χ3n) is 4.18. The first kappa shape index (κ1) is 13.7. The zero-order chi connectivity index (χ0) is 15.0. The predicted molar refractivity (Wildman–Crippen MR) is 77.3 cm³/mol. The van der Waals surface area contributed by atoms with Crippen LogP contribution < -0.4 is 4.74 Å². The summed E-state index contributed by atoms with van der Waals surface area (Å²) >= 11 is 0. The molecule has 1 aromatic heterocycles. The number of rotatable bonds is 5. The van der Waals surface area contributed by atoms with Crippen LogP contribution in [0, 0.1) is 12.8 Å². The van der Waals surface area contributed by atoms with Crippen LogP contribution in [0.3, 0.4) is 0 Å². The molecule has 5 heteroatoms. The Hall–Kier alpha value is -2.30. The van der Waals surface area contributed by atoms with E-state index < -0.39 is 11.4 Å². The number of aromatic nitrogens is 2. The molecule has 1 aliphatic carbocycles. The van der Waals surface area contributed by atoms with Gasteiger partial charge in [0.05, 0.1) is 18.7 Å². The Labute approximate surface area is 123 Å². The van der Waals surface area contributed by atoms with Crippen LogP contribution in [-0.4, -0.2) is 27.5 Å². The smallest absolute Gasteiger partial charge is 0.307 e. The van der Waals surface area contributed by atoms with E-state index in [1.807, 2.05) is 50.5 Å². The molecule has 0 spiro atoms. The fourth-order valence-electron chi connectivity index (χ4n) is 2.89. The first-order chi connectivity index (χ1) is 10.0. The zero-order valence-corrected chi connectivity index (χ0v) is 12.1. The maximum absolute atomic E-state index is 11.4. The number of carboxylic acid groups (broad SMARTS) is 1. The largest absolute Gasteiger partial charge is 0.489 e. The number of hydrogen-bond acceptors (Lipinski definition) is 3. The minimum atomic E-state index is -0.759. The first-order valence-corrected chi connectivity index (χ1v) is 6.94. The summed E-state index contributed by atoms with van der Waals surface area (Å²) in [5, 5.41) is 13.6. The molecular weight excluding hydrogens is 268 g/mol. The molecule has 1 N–H and O–H groups in total. The van der Waals surface area contributed by atoms with Crippen molar-refractivity contribution in [2.75, 3.05) is 6.61 Å². The summed E-state index contributed by atoms with van der Waals surface area (Å²) in [5.41, 5.74) is 1.42. The number of benzene rings is 1. The minimum absolute atomic E-state index is 0.362. The monoisotopic (exact) mass is 286 g/mol. The Balaban J connectivity index is 1.82. The lowest BCUT2D eigenvalue weighted by Crippen LogP contribution is -2.23. The second kappa shape index (κ2) is 4.91. The molecule has 2 aromatic rings. The number of carboxylic acids is 1. The molecule has 0 bridgehead atoms. The van der Waals surface area contributed by atoms with Crippen molar-refractivity contribution in [1.82, 2.24) is 9.78 Å². The molecule has 0 aliphatic heterocycles. The topological polar surface area (TPSA) is 64.4 Å². The van der Waals surface area contributed by atoms with E-state index in [1.54, 1.807) is 4.68 Å². The Morgan fingerprint density at radius 3 is 2.71 bits per heavy atom. The van der Waals surface area contributed by atoms with Crippen molar-refractivity contribution < 1.29 is 14.6 Å². The highest BCUT2D eigenvalue weighted by Gasteiger charge is 2.60. The van der Waals surface area contributed by atoms with Crippen molar-refractivity contribution in [1.29, 1.82) is 0 Å². The molecule has 1 aromatic carbocycles. The molecule has 110 valence electrons. The van der Waals surface area contributed by atoms with Crippen LogP contribution >= 0.6 is 0 Å². The number of aryl methyl sites for hydroxylation is 2. The number of hydrogen-bond donors (Lipinski definition) is 1. The molecule has 2 unspecified atom stereocenters. The highest BCUT2D eigenvalue weighted by Crippen LogP contribution is 2.54. The molecular formula is C16H18N2O3. The van der Waals surface area contributed by atoms with Crippen LogP contribution in [0.2, 0.25) is 0 Å². The summed E-state index contributed by atoms with van der Waals surface area (Å²) < 4.78 is 7.57. The van der Waals surface area contributed by atoms with Crippen molar-refractivity contribution in [3.63, 3.8) is 0 Å². The standard InChI is InChI=1S/C16H18N2O3/c1-11-14(9-18(2)17-11)21-10-16(8-13(16)15(19)20)12-6-4-3-5-7-12/h3-7,9,13H,8,10H2,1-2H3,(H,19,20). The van der Waals surface area contributed by atoms with Crippen molar-refractivity contribution in [2.45, 2.75) is 18.8 Å². The highest BCUT2D eigenvalue weighted by atomic mass is 16.5. The third-order valence-corrected chi connectivity index (χ3v) is 4.18. The molecule has 5 nitrogen and oxygen atoms in total. The van der Waals surface area contributed by atoms with Crippen molar-refractivity contribution >= 4 is 5.97 Å². The molecule has 1 saturated carbocycles. The SMILES string of the molecule is Cc1nn(C)cc1OCC1(c2ccccc2)CC1C(=O)O. The normalized spacial score (nSPS) is 23.8. The lowest BCUT2D eigenvalue weighted by Gasteiger charge is -2.17. The van der Waals surface area contributed by atoms with Crippen molar-refractivity contribution in [2.24, 2.45) is 13.0 Å². The summed E-state index contributed by atoms with van der Waals surface area (Å²) in [6.45, 7) is 2.24. The Kier molecular flexibility index (Phi) is 3.20. The number of aliphatic carboxylic acids is 1. The summed E-state index contributed by atoms with van der Waals surface area (Å²) in [6, 6.07) is 9.75. The fourth-order valence-corrected chi connectivity index (χ4v) is 2.89. The van der Waals surface area contributed by atoms with Gasteiger partial charge in [0.2, 0.25) is 0 Å². The molecule has 0 amide bonds. The Morgan fingerprint density at radius 2 is 2.19 bits per heavy atom. The van der Waals surface area contributed by atoms with E-state index in [-0.39, 0.29) is 5.92 Å². The van der Waals surface area contributed by atoms with Gasteiger partial charge in [-0.05, 0) is 18.9 Å². The van der Waals surface area contributed by atoms with Crippen LogP contribution in [0.4, 0.5) is 0 Å². The maximum Gasteiger partial charge on any atom is 0.307 e. The summed E-state index contributed by atoms with van der Waals surface area (Å²) in [7, 11) is 1.84. The zero-order valence-electron chi connectivity index (χ0n) is 12.1. The minimum Gasteiger partial charge on any atom is -0.489 e. The highest BCUT2D eigenvalue weighted by molar-refractivity contribution is 5.77. The van der Waals surface area contributed by atoms with Crippen LogP contribution in [0.15, 0.2) is 36.5 Å². The number of ether oxygens (including phenoxy) is 1. The number of carbonyl (C=O) groups is 1. The average Bonchev–Trinajstić information content (AvgIpc) is 3.12. The molecule has 1 aliphatic rings. The summed E-state index contributed by atoms with van der Waals surface area (Å²) in [5.74, 6) is -0.425. The predicted octanol–water partition coefficient (Wildman–Crippen LogP) is 2.15. The van der Waals surface area contributed by atoms with Crippen LogP contribution in [-0.2, 0) is 17.3 Å². The van der Waals surface area contributed by atoms with Gasteiger partial charge in [-0.15, -0.1) is 0 Å². The molecule has 3 rings (SSSR count). The molecule has 1 fully saturated rings. The maximum atomic E-state index is 11.4. The van der Waals surface area contributed by atoms with E-state index >= 15 is 0 Å². The van der Waals surface area contributed by atoms with Crippen molar-refractivity contribution in [3.05, 3.63) is 47.8 Å². The van der Waals surface area contributed by atoms with Crippen molar-refractivity contribution in [3.8, 4) is 5.75 Å². The second-order valence-corrected chi connectivity index (χ2v) is 5.66. The van der Waals surface area contributed by atoms with Gasteiger partial charge in [-0.3, -0.25) is 9.48 Å². The van der Waals surface area contributed by atoms with Gasteiger partial charge in [0.1, 0.15) is 5.69 Å². The molecule has 21 heavy (non-hydrogen) atoms. The Bertz CT molecular complexity index is 665. The van der Waals surface area contributed by atoms with Gasteiger partial charge < -0.3 is 9.84 Å². The van der Waals surface area contributed by atoms with Gasteiger partial charge in [0.25, 0.3) is 0 Å². The van der Waals surface area contributed by atoms with E-state index in [0.717, 1.165) is 11.3 Å². The average molecular weight is 286 g/mol. The summed E-state index contributed by atoms with van der Waals surface area (Å²) in [4.78, 5) is 11.4. The first-order valence-electron chi connectivity index (χ1n) is 6.94. The van der Waals surface area contributed by atoms with E-state index in [4.69, 9.17) is 4.74 Å². The molecule has 0 radical (unpaired) electrons. The second-order valence-electron chi connectivity index (χ2n) is 5.66. The molecule has 0 saturated heterocycles. The molecule has 2 atom stereocenters. The molecule has 1 heterocycles. The third kappa shape index (κ3) is 2.39. The van der Waals surface area contributed by atoms with Gasteiger partial charge in [-0.1, -0.05) is 30.3 Å². The van der Waals surface area contributed by atoms with Gasteiger partial charge in [0.15, 0.2) is 5.75 Å². The van der Waals surface area contributed by atoms with Gasteiger partial charge in [-0.25, -0.2) is 0 Å². The van der Waals surface area contributed by atoms with Crippen LogP contribution in [0.25, 0.3) is 0 Å². The summed E-state index contributed by atoms with van der Waals surface area (Å²) in [6.07, 6.45) is 2.43. The van der Waals surface area contributed by atoms with Gasteiger partial charge >= 0.3 is 5.97 Å². The lowest BCUT2D eigenvalue weighted by molar-refractivity contribution is -0.139. The van der Waals surface area contributed by atoms with E-state index in [9.17, 15) is 9.90 Å². The quantitative estimate of drug-likeness (QED) is 0.914. The fraction of sp³-hybridized carbons (Fsp3) is 0.375. The Morgan fingerprint density at radius 1 is 1.48 bits per heavy atom. The van der Waals surface area contributed by atoms with Crippen LogP contribution in [0.1, 0.15) is 17.7 Å². The lowest BCUT2D eigenvalue weighted by atomic mass is 9.94.